The zero-order valence-electron chi connectivity index (χ0n) is 23.2. The standard InChI is InChI=1S/C20H28N6O2.C6H13N.C2H5N/c1-14-12-16(5-4-15(14)13-21)26-7-6-17(23-19(26)28)24-8-10-25(11-9-24)18(27)20(2,3)22;7-6-4-2-1-3-5-6;1-2-3/h4-7,12H,8-11,13,21-22H2,1-3H3;6H,1-5,7H2;2H,1,3H2. The summed E-state index contributed by atoms with van der Waals surface area (Å²) < 4.78 is 1.52. The first-order valence-corrected chi connectivity index (χ1v) is 13.3. The molecule has 2 aliphatic rings. The molecule has 1 aliphatic heterocycles. The summed E-state index contributed by atoms with van der Waals surface area (Å²) in [5, 5.41) is 0. The Kier molecular flexibility index (Phi) is 12.0. The fourth-order valence-electron chi connectivity index (χ4n) is 4.51. The highest BCUT2D eigenvalue weighted by molar-refractivity contribution is 5.85. The predicted molar refractivity (Wildman–Crippen MR) is 155 cm³/mol. The minimum absolute atomic E-state index is 0.0631. The number of piperazine rings is 1. The van der Waals surface area contributed by atoms with Crippen LogP contribution in [0, 0.1) is 6.92 Å². The number of hydrogen-bond donors (Lipinski definition) is 4. The molecule has 10 nitrogen and oxygen atoms in total. The molecule has 1 amide bonds. The van der Waals surface area contributed by atoms with E-state index in [4.69, 9.17) is 17.2 Å². The smallest absolute Gasteiger partial charge is 0.354 e. The Morgan fingerprint density at radius 1 is 1.13 bits per heavy atom. The van der Waals surface area contributed by atoms with Crippen LogP contribution in [0.1, 0.15) is 57.1 Å². The van der Waals surface area contributed by atoms with Crippen LogP contribution in [0.25, 0.3) is 5.69 Å². The number of carbonyl (C=O) groups excluding carboxylic acids is 1. The maximum Gasteiger partial charge on any atom is 0.354 e. The number of nitrogens with two attached hydrogens (primary N) is 4. The van der Waals surface area contributed by atoms with Crippen LogP contribution < -0.4 is 33.5 Å². The number of amides is 1. The van der Waals surface area contributed by atoms with Crippen LogP contribution in [-0.2, 0) is 11.3 Å². The largest absolute Gasteiger partial charge is 0.405 e. The molecule has 4 rings (SSSR count). The lowest BCUT2D eigenvalue weighted by Crippen LogP contribution is -2.57. The van der Waals surface area contributed by atoms with Crippen molar-refractivity contribution >= 4 is 11.7 Å². The molecule has 1 aromatic heterocycles. The average Bonchev–Trinajstić information content (AvgIpc) is 2.89. The maximum absolute atomic E-state index is 12.6. The molecule has 10 heteroatoms. The molecular weight excluding hydrogens is 480 g/mol. The van der Waals surface area contributed by atoms with E-state index >= 15 is 0 Å². The molecule has 0 bridgehead atoms. The van der Waals surface area contributed by atoms with Crippen LogP contribution in [-0.4, -0.2) is 58.1 Å². The molecule has 8 N–H and O–H groups in total. The van der Waals surface area contributed by atoms with E-state index in [1.807, 2.05) is 36.1 Å². The predicted octanol–water partition coefficient (Wildman–Crippen LogP) is 1.75. The van der Waals surface area contributed by atoms with E-state index in [-0.39, 0.29) is 11.6 Å². The second-order valence-corrected chi connectivity index (χ2v) is 10.4. The molecule has 210 valence electrons. The van der Waals surface area contributed by atoms with Crippen molar-refractivity contribution < 1.29 is 4.79 Å². The fourth-order valence-corrected chi connectivity index (χ4v) is 4.51. The summed E-state index contributed by atoms with van der Waals surface area (Å²) in [6, 6.07) is 8.10. The zero-order chi connectivity index (χ0) is 28.3. The van der Waals surface area contributed by atoms with Gasteiger partial charge in [0, 0.05) is 45.0 Å². The van der Waals surface area contributed by atoms with E-state index in [0.29, 0.717) is 44.6 Å². The van der Waals surface area contributed by atoms with E-state index in [9.17, 15) is 9.59 Å². The van der Waals surface area contributed by atoms with Gasteiger partial charge in [0.05, 0.1) is 11.2 Å². The van der Waals surface area contributed by atoms with Crippen molar-refractivity contribution in [2.24, 2.45) is 22.9 Å². The topological polar surface area (TPSA) is 163 Å². The molecule has 38 heavy (non-hydrogen) atoms. The van der Waals surface area contributed by atoms with Gasteiger partial charge in [-0.05, 0) is 69.1 Å². The highest BCUT2D eigenvalue weighted by Gasteiger charge is 2.30. The zero-order valence-corrected chi connectivity index (χ0v) is 23.2. The minimum Gasteiger partial charge on any atom is -0.405 e. The first-order valence-electron chi connectivity index (χ1n) is 13.3. The molecule has 2 aromatic rings. The van der Waals surface area contributed by atoms with Crippen molar-refractivity contribution in [1.29, 1.82) is 0 Å². The lowest BCUT2D eigenvalue weighted by molar-refractivity contribution is -0.136. The lowest BCUT2D eigenvalue weighted by atomic mass is 9.97. The van der Waals surface area contributed by atoms with E-state index in [2.05, 4.69) is 17.3 Å². The first kappa shape index (κ1) is 31.0. The Hall–Kier alpha value is -3.21. The minimum atomic E-state index is -0.877. The molecule has 1 aromatic carbocycles. The van der Waals surface area contributed by atoms with Crippen molar-refractivity contribution in [2.75, 3.05) is 31.1 Å². The molecule has 2 fully saturated rings. The molecule has 1 aliphatic carbocycles. The normalized spacial score (nSPS) is 16.1. The summed E-state index contributed by atoms with van der Waals surface area (Å²) in [5.74, 6) is 0.558. The molecular formula is C28H46N8O2. The molecule has 0 atom stereocenters. The van der Waals surface area contributed by atoms with Gasteiger partial charge in [0.15, 0.2) is 0 Å². The third kappa shape index (κ3) is 8.97. The third-order valence-corrected chi connectivity index (χ3v) is 6.71. The monoisotopic (exact) mass is 526 g/mol. The van der Waals surface area contributed by atoms with Gasteiger partial charge in [0.2, 0.25) is 5.91 Å². The summed E-state index contributed by atoms with van der Waals surface area (Å²) in [6.07, 6.45) is 9.65. The number of rotatable bonds is 4. The highest BCUT2D eigenvalue weighted by atomic mass is 16.2. The van der Waals surface area contributed by atoms with Crippen LogP contribution in [0.5, 0.6) is 0 Å². The number of carbonyl (C=O) groups is 1. The highest BCUT2D eigenvalue weighted by Crippen LogP contribution is 2.17. The molecule has 2 heterocycles. The fraction of sp³-hybridized carbons (Fsp3) is 0.536. The Bertz CT molecular complexity index is 1090. The van der Waals surface area contributed by atoms with Gasteiger partial charge in [0.1, 0.15) is 5.82 Å². The van der Waals surface area contributed by atoms with Crippen molar-refractivity contribution in [3.05, 3.63) is 64.9 Å². The van der Waals surface area contributed by atoms with Gasteiger partial charge in [-0.25, -0.2) is 4.79 Å². The SMILES string of the molecule is C=CN.Cc1cc(-n2ccc(N3CCN(C(=O)C(C)(C)N)CC3)nc2=O)ccc1CN.NC1CCCCC1. The number of nitrogens with zero attached hydrogens (tertiary/aromatic N) is 4. The number of hydrogen-bond acceptors (Lipinski definition) is 8. The summed E-state index contributed by atoms with van der Waals surface area (Å²) >= 11 is 0. The summed E-state index contributed by atoms with van der Waals surface area (Å²) in [4.78, 5) is 32.9. The lowest BCUT2D eigenvalue weighted by Gasteiger charge is -2.37. The van der Waals surface area contributed by atoms with Crippen LogP contribution in [0.2, 0.25) is 0 Å². The molecule has 0 radical (unpaired) electrons. The van der Waals surface area contributed by atoms with Crippen molar-refractivity contribution in [2.45, 2.75) is 71.0 Å². The van der Waals surface area contributed by atoms with Crippen LogP contribution in [0.4, 0.5) is 5.82 Å². The summed E-state index contributed by atoms with van der Waals surface area (Å²) in [6.45, 7) is 11.4. The molecule has 1 saturated carbocycles. The van der Waals surface area contributed by atoms with Gasteiger partial charge < -0.3 is 32.7 Å². The Morgan fingerprint density at radius 3 is 2.18 bits per heavy atom. The van der Waals surface area contributed by atoms with Crippen molar-refractivity contribution in [3.8, 4) is 5.69 Å². The van der Waals surface area contributed by atoms with Gasteiger partial charge in [-0.1, -0.05) is 31.9 Å². The Morgan fingerprint density at radius 2 is 1.74 bits per heavy atom. The third-order valence-electron chi connectivity index (χ3n) is 6.71. The Labute approximate surface area is 226 Å². The Balaban J connectivity index is 0.000000427. The average molecular weight is 527 g/mol. The van der Waals surface area contributed by atoms with Crippen LogP contribution in [0.3, 0.4) is 0 Å². The van der Waals surface area contributed by atoms with Gasteiger partial charge in [-0.15, -0.1) is 0 Å². The number of aromatic nitrogens is 2. The maximum atomic E-state index is 12.6. The van der Waals surface area contributed by atoms with Gasteiger partial charge >= 0.3 is 5.69 Å². The van der Waals surface area contributed by atoms with Gasteiger partial charge in [0.25, 0.3) is 0 Å². The number of anilines is 1. The quantitative estimate of drug-likeness (QED) is 0.468. The molecule has 0 spiro atoms. The first-order chi connectivity index (χ1) is 18.0. The molecule has 1 saturated heterocycles. The van der Waals surface area contributed by atoms with Gasteiger partial charge in [-0.2, -0.15) is 4.98 Å². The second-order valence-electron chi connectivity index (χ2n) is 10.4. The van der Waals surface area contributed by atoms with E-state index < -0.39 is 5.54 Å². The van der Waals surface area contributed by atoms with Gasteiger partial charge in [-0.3, -0.25) is 9.36 Å². The molecule has 0 unspecified atom stereocenters. The van der Waals surface area contributed by atoms with Crippen LogP contribution in [0.15, 0.2) is 48.0 Å². The van der Waals surface area contributed by atoms with Crippen LogP contribution >= 0.6 is 0 Å². The summed E-state index contributed by atoms with van der Waals surface area (Å²) in [5.41, 5.74) is 23.5. The van der Waals surface area contributed by atoms with E-state index in [1.54, 1.807) is 24.9 Å². The number of aryl methyl sites for hydroxylation is 1. The number of benzene rings is 1. The second kappa shape index (κ2) is 14.7. The van der Waals surface area contributed by atoms with Crippen molar-refractivity contribution in [1.82, 2.24) is 14.5 Å². The van der Waals surface area contributed by atoms with Crippen molar-refractivity contribution in [3.63, 3.8) is 0 Å². The van der Waals surface area contributed by atoms with E-state index in [0.717, 1.165) is 16.8 Å². The van der Waals surface area contributed by atoms with E-state index in [1.165, 1.54) is 42.9 Å². The summed E-state index contributed by atoms with van der Waals surface area (Å²) in [7, 11) is 0.